The second-order valence-corrected chi connectivity index (χ2v) is 5.14. The van der Waals surface area contributed by atoms with Crippen molar-refractivity contribution in [2.75, 3.05) is 36.0 Å². The van der Waals surface area contributed by atoms with Gasteiger partial charge in [0.05, 0.1) is 24.5 Å². The number of hydrogen-bond donors (Lipinski definition) is 0. The zero-order chi connectivity index (χ0) is 14.1. The molecule has 0 N–H and O–H groups in total. The number of anilines is 2. The molecule has 5 heteroatoms. The Morgan fingerprint density at radius 2 is 1.68 bits per heavy atom. The first-order chi connectivity index (χ1) is 10.4. The van der Waals surface area contributed by atoms with Crippen molar-refractivity contribution in [1.82, 2.24) is 0 Å². The lowest BCUT2D eigenvalue weighted by atomic mass is 10.2. The van der Waals surface area contributed by atoms with Crippen LogP contribution in [0.4, 0.5) is 11.4 Å². The van der Waals surface area contributed by atoms with Gasteiger partial charge in [0.2, 0.25) is 5.96 Å². The molecule has 0 fully saturated rings. The van der Waals surface area contributed by atoms with Gasteiger partial charge in [-0.15, -0.1) is 0 Å². The summed E-state index contributed by atoms with van der Waals surface area (Å²) in [5, 5.41) is 0. The number of guanidine groups is 1. The molecule has 2 aromatic rings. The number of benzene rings is 2. The molecule has 0 spiro atoms. The quantitative estimate of drug-likeness (QED) is 0.780. The van der Waals surface area contributed by atoms with Crippen molar-refractivity contribution >= 4 is 17.3 Å². The van der Waals surface area contributed by atoms with E-state index in [0.717, 1.165) is 31.3 Å². The van der Waals surface area contributed by atoms with Gasteiger partial charge in [0, 0.05) is 6.54 Å². The third-order valence-electron chi connectivity index (χ3n) is 3.85. The van der Waals surface area contributed by atoms with Gasteiger partial charge in [0.15, 0.2) is 0 Å². The zero-order valence-corrected chi connectivity index (χ0v) is 12.9. The largest absolute Gasteiger partial charge is 1.00 e. The van der Waals surface area contributed by atoms with Gasteiger partial charge in [-0.2, -0.15) is 0 Å². The van der Waals surface area contributed by atoms with Gasteiger partial charge in [-0.1, -0.05) is 30.3 Å². The van der Waals surface area contributed by atoms with Crippen LogP contribution in [-0.2, 0) is 0 Å². The molecule has 4 nitrogen and oxygen atoms in total. The number of rotatable bonds is 4. The first-order valence-electron chi connectivity index (χ1n) is 7.30. The number of nitrogens with zero attached hydrogens (tertiary/aromatic N) is 3. The Bertz CT molecular complexity index is 675. The van der Waals surface area contributed by atoms with Gasteiger partial charge in [0.25, 0.3) is 0 Å². The highest BCUT2D eigenvalue weighted by Crippen LogP contribution is 2.38. The van der Waals surface area contributed by atoms with Crippen LogP contribution in [0.25, 0.3) is 0 Å². The number of fused-ring (bicyclic) bond motifs is 3. The summed E-state index contributed by atoms with van der Waals surface area (Å²) in [6, 6.07) is 18.4. The molecule has 4 rings (SSSR count). The normalized spacial score (nSPS) is 15.0. The van der Waals surface area contributed by atoms with Crippen LogP contribution in [0, 0.1) is 0 Å². The predicted octanol–water partition coefficient (Wildman–Crippen LogP) is -0.234. The van der Waals surface area contributed by atoms with Crippen LogP contribution in [0.2, 0.25) is 0 Å². The van der Waals surface area contributed by atoms with Crippen molar-refractivity contribution in [3.63, 3.8) is 0 Å². The highest BCUT2D eigenvalue weighted by molar-refractivity contribution is 6.17. The molecule has 0 amide bonds. The first-order valence-corrected chi connectivity index (χ1v) is 7.30. The predicted molar refractivity (Wildman–Crippen MR) is 85.4 cm³/mol. The molecule has 0 radical (unpaired) electrons. The summed E-state index contributed by atoms with van der Waals surface area (Å²) in [4.78, 5) is 9.18. The average Bonchev–Trinajstić information content (AvgIpc) is 3.11. The summed E-state index contributed by atoms with van der Waals surface area (Å²) in [6.45, 7) is 3.30. The van der Waals surface area contributed by atoms with E-state index in [9.17, 15) is 0 Å². The number of para-hydroxylation sites is 3. The lowest BCUT2D eigenvalue weighted by Gasteiger charge is -2.19. The van der Waals surface area contributed by atoms with E-state index in [1.165, 1.54) is 11.4 Å². The summed E-state index contributed by atoms with van der Waals surface area (Å²) in [5.41, 5.74) is 2.49. The highest BCUT2D eigenvalue weighted by Gasteiger charge is 2.34. The van der Waals surface area contributed by atoms with Gasteiger partial charge >= 0.3 is 0 Å². The van der Waals surface area contributed by atoms with Gasteiger partial charge in [-0.05, 0) is 24.3 Å². The average molecular weight is 315 g/mol. The fourth-order valence-corrected chi connectivity index (χ4v) is 2.91. The molecule has 114 valence electrons. The summed E-state index contributed by atoms with van der Waals surface area (Å²) < 4.78 is 5.82. The molecule has 0 unspecified atom stereocenters. The van der Waals surface area contributed by atoms with E-state index < -0.39 is 0 Å². The van der Waals surface area contributed by atoms with E-state index in [1.54, 1.807) is 0 Å². The topological polar surface area (TPSA) is 28.1 Å². The fourth-order valence-electron chi connectivity index (χ4n) is 2.91. The Balaban J connectivity index is 0.00000144. The smallest absolute Gasteiger partial charge is 0.206 e. The van der Waals surface area contributed by atoms with Crippen molar-refractivity contribution in [1.29, 1.82) is 0 Å². The number of halogens is 1. The van der Waals surface area contributed by atoms with Gasteiger partial charge in [-0.3, -0.25) is 4.99 Å². The maximum Gasteiger partial charge on any atom is 0.206 e. The minimum Gasteiger partial charge on any atom is -1.00 e. The Labute approximate surface area is 136 Å². The zero-order valence-electron chi connectivity index (χ0n) is 12.2. The maximum atomic E-state index is 5.82. The molecule has 0 saturated carbocycles. The molecule has 0 aromatic heterocycles. The number of hydrogen-bond acceptors (Lipinski definition) is 4. The Hall–Kier alpha value is -2.20. The summed E-state index contributed by atoms with van der Waals surface area (Å²) in [5.74, 6) is 1.98. The summed E-state index contributed by atoms with van der Waals surface area (Å²) in [7, 11) is 0. The minimum atomic E-state index is 0. The third kappa shape index (κ3) is 2.50. The number of ether oxygens (including phenoxy) is 1. The van der Waals surface area contributed by atoms with Crippen molar-refractivity contribution in [3.05, 3.63) is 54.6 Å². The standard InChI is InChI=1S/C17H17N3O.ClH/c1-2-6-14(7-3-1)21-13-12-20-16-9-5-4-8-15(16)19-11-10-18-17(19)20;/h1-9H,10-13H2;1H/p-1. The molecule has 2 heterocycles. The first kappa shape index (κ1) is 14.7. The lowest BCUT2D eigenvalue weighted by molar-refractivity contribution is -0.00000455. The van der Waals surface area contributed by atoms with E-state index in [-0.39, 0.29) is 12.4 Å². The van der Waals surface area contributed by atoms with E-state index in [0.29, 0.717) is 6.61 Å². The van der Waals surface area contributed by atoms with Crippen LogP contribution < -0.4 is 26.9 Å². The minimum absolute atomic E-state index is 0. The second kappa shape index (κ2) is 6.28. The summed E-state index contributed by atoms with van der Waals surface area (Å²) >= 11 is 0. The van der Waals surface area contributed by atoms with Crippen LogP contribution in [0.15, 0.2) is 59.6 Å². The van der Waals surface area contributed by atoms with E-state index in [4.69, 9.17) is 4.74 Å². The number of aliphatic imine (C=N–C) groups is 1. The molecule has 22 heavy (non-hydrogen) atoms. The third-order valence-corrected chi connectivity index (χ3v) is 3.85. The molecule has 0 atom stereocenters. The van der Waals surface area contributed by atoms with E-state index in [1.807, 2.05) is 30.3 Å². The van der Waals surface area contributed by atoms with Crippen LogP contribution in [0.3, 0.4) is 0 Å². The molecular weight excluding hydrogens is 298 g/mol. The van der Waals surface area contributed by atoms with Crippen molar-refractivity contribution < 1.29 is 17.1 Å². The van der Waals surface area contributed by atoms with Crippen molar-refractivity contribution in [2.24, 2.45) is 4.99 Å². The molecule has 0 bridgehead atoms. The van der Waals surface area contributed by atoms with Crippen LogP contribution >= 0.6 is 0 Å². The molecule has 2 aliphatic heterocycles. The highest BCUT2D eigenvalue weighted by atomic mass is 35.5. The Kier molecular flexibility index (Phi) is 4.20. The van der Waals surface area contributed by atoms with E-state index in [2.05, 4.69) is 39.1 Å². The van der Waals surface area contributed by atoms with Gasteiger partial charge in [-0.25, -0.2) is 0 Å². The molecule has 0 saturated heterocycles. The van der Waals surface area contributed by atoms with Crippen LogP contribution in [-0.4, -0.2) is 32.2 Å². The molecule has 0 aliphatic carbocycles. The van der Waals surface area contributed by atoms with Crippen molar-refractivity contribution in [3.8, 4) is 5.75 Å². The Morgan fingerprint density at radius 3 is 2.50 bits per heavy atom. The lowest BCUT2D eigenvalue weighted by Crippen LogP contribution is -3.00. The molecule has 2 aromatic carbocycles. The second-order valence-electron chi connectivity index (χ2n) is 5.14. The SMILES string of the molecule is [Cl-].c1ccc(OCCN2C3=NCCN3c3ccccc32)cc1. The van der Waals surface area contributed by atoms with Crippen LogP contribution in [0.5, 0.6) is 5.75 Å². The Morgan fingerprint density at radius 1 is 0.955 bits per heavy atom. The maximum absolute atomic E-state index is 5.82. The fraction of sp³-hybridized carbons (Fsp3) is 0.235. The van der Waals surface area contributed by atoms with Crippen molar-refractivity contribution in [2.45, 2.75) is 0 Å². The van der Waals surface area contributed by atoms with E-state index >= 15 is 0 Å². The van der Waals surface area contributed by atoms with Gasteiger partial charge in [0.1, 0.15) is 12.4 Å². The molecular formula is C17H17ClN3O-. The van der Waals surface area contributed by atoms with Gasteiger partial charge < -0.3 is 26.9 Å². The van der Waals surface area contributed by atoms with Crippen LogP contribution in [0.1, 0.15) is 0 Å². The molecule has 2 aliphatic rings. The monoisotopic (exact) mass is 314 g/mol. The summed E-state index contributed by atoms with van der Waals surface area (Å²) in [6.07, 6.45) is 0.